The van der Waals surface area contributed by atoms with E-state index in [1.807, 2.05) is 6.07 Å². The minimum atomic E-state index is -3.14. The topological polar surface area (TPSA) is 78.5 Å². The summed E-state index contributed by atoms with van der Waals surface area (Å²) in [5, 5.41) is 6.53. The molecule has 0 saturated carbocycles. The van der Waals surface area contributed by atoms with Gasteiger partial charge in [0.15, 0.2) is 0 Å². The number of benzene rings is 1. The van der Waals surface area contributed by atoms with Crippen molar-refractivity contribution in [1.82, 2.24) is 14.9 Å². The zero-order valence-electron chi connectivity index (χ0n) is 14.7. The van der Waals surface area contributed by atoms with Crippen molar-refractivity contribution in [3.8, 4) is 0 Å². The van der Waals surface area contributed by atoms with E-state index >= 15 is 0 Å². The first-order chi connectivity index (χ1) is 12.0. The van der Waals surface area contributed by atoms with Crippen LogP contribution in [-0.4, -0.2) is 50.6 Å². The number of hydrogen-bond donors (Lipinski definition) is 2. The number of carbonyl (C=O) groups excluding carboxylic acids is 1. The van der Waals surface area contributed by atoms with Crippen LogP contribution < -0.4 is 10.6 Å². The van der Waals surface area contributed by atoms with Gasteiger partial charge in [0.05, 0.1) is 5.75 Å². The molecule has 2 heterocycles. The van der Waals surface area contributed by atoms with Gasteiger partial charge in [-0.25, -0.2) is 12.7 Å². The van der Waals surface area contributed by atoms with Crippen LogP contribution in [0.1, 0.15) is 36.9 Å². The summed E-state index contributed by atoms with van der Waals surface area (Å²) in [6.45, 7) is 4.04. The third-order valence-electron chi connectivity index (χ3n) is 5.28. The molecular weight excluding hydrogens is 338 g/mol. The fourth-order valence-electron chi connectivity index (χ4n) is 3.70. The molecule has 2 aliphatic heterocycles. The van der Waals surface area contributed by atoms with Gasteiger partial charge in [0.2, 0.25) is 15.9 Å². The minimum Gasteiger partial charge on any atom is -0.354 e. The minimum absolute atomic E-state index is 0.0402. The van der Waals surface area contributed by atoms with E-state index < -0.39 is 10.0 Å². The summed E-state index contributed by atoms with van der Waals surface area (Å²) in [7, 11) is -3.14. The molecule has 0 spiro atoms. The van der Waals surface area contributed by atoms with Gasteiger partial charge >= 0.3 is 0 Å². The summed E-state index contributed by atoms with van der Waals surface area (Å²) >= 11 is 0. The summed E-state index contributed by atoms with van der Waals surface area (Å²) in [5.74, 6) is 0.0666. The molecule has 1 saturated heterocycles. The fourth-order valence-corrected chi connectivity index (χ4v) is 4.83. The summed E-state index contributed by atoms with van der Waals surface area (Å²) < 4.78 is 25.3. The molecule has 2 N–H and O–H groups in total. The zero-order valence-corrected chi connectivity index (χ0v) is 15.5. The van der Waals surface area contributed by atoms with Crippen molar-refractivity contribution in [2.45, 2.75) is 32.2 Å². The molecule has 2 aliphatic rings. The molecule has 1 unspecified atom stereocenters. The van der Waals surface area contributed by atoms with Gasteiger partial charge in [0.25, 0.3) is 0 Å². The molecule has 1 atom stereocenters. The lowest BCUT2D eigenvalue weighted by molar-refractivity contribution is -0.126. The van der Waals surface area contributed by atoms with E-state index in [2.05, 4.69) is 28.8 Å². The van der Waals surface area contributed by atoms with Crippen molar-refractivity contribution in [3.63, 3.8) is 0 Å². The monoisotopic (exact) mass is 365 g/mol. The number of hydrogen-bond acceptors (Lipinski definition) is 4. The van der Waals surface area contributed by atoms with Gasteiger partial charge in [-0.05, 0) is 43.9 Å². The lowest BCUT2D eigenvalue weighted by atomic mass is 9.93. The second-order valence-electron chi connectivity index (χ2n) is 6.77. The van der Waals surface area contributed by atoms with Gasteiger partial charge in [-0.15, -0.1) is 0 Å². The van der Waals surface area contributed by atoms with Crippen molar-refractivity contribution in [2.75, 3.05) is 31.9 Å². The van der Waals surface area contributed by atoms with Gasteiger partial charge in [-0.1, -0.05) is 24.3 Å². The summed E-state index contributed by atoms with van der Waals surface area (Å²) in [6.07, 6.45) is 2.21. The lowest BCUT2D eigenvalue weighted by Gasteiger charge is -2.31. The van der Waals surface area contributed by atoms with Crippen LogP contribution in [0.5, 0.6) is 0 Å². The average molecular weight is 365 g/mol. The number of nitrogens with zero attached hydrogens (tertiary/aromatic N) is 1. The third kappa shape index (κ3) is 4.22. The Bertz CT molecular complexity index is 712. The molecule has 1 fully saturated rings. The average Bonchev–Trinajstić information content (AvgIpc) is 2.66. The Morgan fingerprint density at radius 1 is 1.28 bits per heavy atom. The van der Waals surface area contributed by atoms with Crippen molar-refractivity contribution >= 4 is 15.9 Å². The van der Waals surface area contributed by atoms with Gasteiger partial charge in [-0.3, -0.25) is 4.79 Å². The maximum absolute atomic E-state index is 12.5. The van der Waals surface area contributed by atoms with E-state index in [4.69, 9.17) is 0 Å². The summed E-state index contributed by atoms with van der Waals surface area (Å²) in [5.41, 5.74) is 2.61. The van der Waals surface area contributed by atoms with Crippen molar-refractivity contribution in [2.24, 2.45) is 5.92 Å². The normalized spacial score (nSPS) is 22.4. The number of sulfonamides is 1. The highest BCUT2D eigenvalue weighted by Gasteiger charge is 2.30. The summed E-state index contributed by atoms with van der Waals surface area (Å²) in [6, 6.07) is 8.50. The predicted molar refractivity (Wildman–Crippen MR) is 97.7 cm³/mol. The van der Waals surface area contributed by atoms with E-state index in [1.54, 1.807) is 6.92 Å². The molecule has 1 aromatic carbocycles. The first kappa shape index (κ1) is 18.4. The molecule has 138 valence electrons. The number of fused-ring (bicyclic) bond motifs is 1. The van der Waals surface area contributed by atoms with Crippen LogP contribution in [0.3, 0.4) is 0 Å². The first-order valence-electron chi connectivity index (χ1n) is 9.08. The molecule has 0 aliphatic carbocycles. The Hall–Kier alpha value is -1.44. The van der Waals surface area contributed by atoms with E-state index in [1.165, 1.54) is 15.4 Å². The largest absolute Gasteiger partial charge is 0.354 e. The van der Waals surface area contributed by atoms with Crippen LogP contribution in [-0.2, 0) is 21.2 Å². The van der Waals surface area contributed by atoms with Crippen molar-refractivity contribution in [3.05, 3.63) is 35.4 Å². The van der Waals surface area contributed by atoms with E-state index in [0.29, 0.717) is 32.5 Å². The second-order valence-corrected chi connectivity index (χ2v) is 9.03. The number of amides is 1. The van der Waals surface area contributed by atoms with E-state index in [9.17, 15) is 13.2 Å². The molecule has 0 aromatic heterocycles. The fraction of sp³-hybridized carbons (Fsp3) is 0.611. The maximum atomic E-state index is 12.5. The molecular formula is C18H27N3O3S. The van der Waals surface area contributed by atoms with Crippen molar-refractivity contribution in [1.29, 1.82) is 0 Å². The highest BCUT2D eigenvalue weighted by Crippen LogP contribution is 2.23. The number of nitrogens with one attached hydrogen (secondary N) is 2. The number of carbonyl (C=O) groups is 1. The quantitative estimate of drug-likeness (QED) is 0.818. The summed E-state index contributed by atoms with van der Waals surface area (Å²) in [4.78, 5) is 12.5. The zero-order chi connectivity index (χ0) is 17.9. The van der Waals surface area contributed by atoms with Crippen LogP contribution >= 0.6 is 0 Å². The highest BCUT2D eigenvalue weighted by molar-refractivity contribution is 7.89. The Balaban J connectivity index is 1.51. The molecule has 1 aromatic rings. The number of piperidine rings is 1. The smallest absolute Gasteiger partial charge is 0.223 e. The van der Waals surface area contributed by atoms with Crippen LogP contribution in [0.2, 0.25) is 0 Å². The highest BCUT2D eigenvalue weighted by atomic mass is 32.2. The Morgan fingerprint density at radius 2 is 2.00 bits per heavy atom. The standard InChI is InChI=1S/C18H27N3O3S/c1-2-25(23,24)21-11-8-15(9-12-21)18(22)20-13-17-16-6-4-3-5-14(16)7-10-19-17/h3-6,15,17,19H,2,7-13H2,1H3,(H,20,22). The SMILES string of the molecule is CCS(=O)(=O)N1CCC(C(=O)NCC2NCCc3ccccc32)CC1. The van der Waals surface area contributed by atoms with Gasteiger partial charge in [0.1, 0.15) is 0 Å². The molecule has 0 bridgehead atoms. The third-order valence-corrected chi connectivity index (χ3v) is 7.16. The van der Waals surface area contributed by atoms with E-state index in [0.717, 1.165) is 13.0 Å². The van der Waals surface area contributed by atoms with Crippen LogP contribution in [0, 0.1) is 5.92 Å². The predicted octanol–water partition coefficient (Wildman–Crippen LogP) is 1.05. The molecule has 0 radical (unpaired) electrons. The Morgan fingerprint density at radius 3 is 2.72 bits per heavy atom. The Labute approximate surface area is 150 Å². The molecule has 25 heavy (non-hydrogen) atoms. The van der Waals surface area contributed by atoms with Crippen LogP contribution in [0.4, 0.5) is 0 Å². The molecule has 7 heteroatoms. The van der Waals surface area contributed by atoms with Gasteiger partial charge < -0.3 is 10.6 Å². The van der Waals surface area contributed by atoms with E-state index in [-0.39, 0.29) is 23.6 Å². The van der Waals surface area contributed by atoms with Crippen LogP contribution in [0.15, 0.2) is 24.3 Å². The van der Waals surface area contributed by atoms with Crippen molar-refractivity contribution < 1.29 is 13.2 Å². The maximum Gasteiger partial charge on any atom is 0.223 e. The van der Waals surface area contributed by atoms with Gasteiger partial charge in [0, 0.05) is 31.6 Å². The molecule has 1 amide bonds. The van der Waals surface area contributed by atoms with Gasteiger partial charge in [-0.2, -0.15) is 0 Å². The second kappa shape index (κ2) is 7.85. The van der Waals surface area contributed by atoms with Crippen LogP contribution in [0.25, 0.3) is 0 Å². The molecule has 3 rings (SSSR count). The lowest BCUT2D eigenvalue weighted by Crippen LogP contribution is -2.45. The Kier molecular flexibility index (Phi) is 5.76. The first-order valence-corrected chi connectivity index (χ1v) is 10.7. The molecule has 6 nitrogen and oxygen atoms in total. The number of rotatable bonds is 5.